The van der Waals surface area contributed by atoms with Gasteiger partial charge >= 0.3 is 0 Å². The Balaban J connectivity index is 1.34. The summed E-state index contributed by atoms with van der Waals surface area (Å²) in [6.07, 6.45) is 2.17. The van der Waals surface area contributed by atoms with Crippen LogP contribution in [0.2, 0.25) is 0 Å². The molecule has 2 aliphatic rings. The summed E-state index contributed by atoms with van der Waals surface area (Å²) in [5.41, 5.74) is 8.80. The molecular weight excluding hydrogens is 314 g/mol. The zero-order valence-corrected chi connectivity index (χ0v) is 15.3. The third kappa shape index (κ3) is 5.09. The highest BCUT2D eigenvalue weighted by Crippen LogP contribution is 2.31. The van der Waals surface area contributed by atoms with E-state index in [1.807, 2.05) is 0 Å². The predicted octanol–water partition coefficient (Wildman–Crippen LogP) is 1.06. The standard InChI is InChI=1S/C19H31N5O/c1-16-15-17-5-2-3-6-18(17)24(16)10-8-22-19(20)21-7-4-9-23-11-13-25-14-12-23/h2-3,5-6,16H,4,7-15H2,1H3,(H3,20,21,22). The largest absolute Gasteiger partial charge is 0.379 e. The minimum atomic E-state index is 0.547. The van der Waals surface area contributed by atoms with Crippen LogP contribution in [0, 0.1) is 0 Å². The molecule has 1 aromatic rings. The third-order valence-corrected chi connectivity index (χ3v) is 5.03. The normalized spacial score (nSPS) is 21.4. The molecule has 1 saturated heterocycles. The quantitative estimate of drug-likeness (QED) is 0.440. The maximum atomic E-state index is 5.99. The van der Waals surface area contributed by atoms with Crippen LogP contribution >= 0.6 is 0 Å². The van der Waals surface area contributed by atoms with Gasteiger partial charge in [-0.3, -0.25) is 9.89 Å². The molecule has 1 unspecified atom stereocenters. The Kier molecular flexibility index (Phi) is 6.53. The first-order valence-corrected chi connectivity index (χ1v) is 9.42. The highest BCUT2D eigenvalue weighted by Gasteiger charge is 2.24. The van der Waals surface area contributed by atoms with Gasteiger partial charge in [0.25, 0.3) is 0 Å². The van der Waals surface area contributed by atoms with Crippen molar-refractivity contribution in [3.8, 4) is 0 Å². The fourth-order valence-corrected chi connectivity index (χ4v) is 3.65. The molecule has 0 aromatic heterocycles. The van der Waals surface area contributed by atoms with Gasteiger partial charge in [-0.2, -0.15) is 0 Å². The zero-order valence-electron chi connectivity index (χ0n) is 15.3. The average Bonchev–Trinajstić information content (AvgIpc) is 2.95. The van der Waals surface area contributed by atoms with Gasteiger partial charge in [0.1, 0.15) is 0 Å². The Hall–Kier alpha value is -1.79. The lowest BCUT2D eigenvalue weighted by molar-refractivity contribution is 0.0377. The minimum absolute atomic E-state index is 0.547. The maximum Gasteiger partial charge on any atom is 0.188 e. The van der Waals surface area contributed by atoms with Crippen molar-refractivity contribution in [2.75, 3.05) is 57.4 Å². The Labute approximate surface area is 151 Å². The van der Waals surface area contributed by atoms with Gasteiger partial charge in [-0.25, -0.2) is 0 Å². The summed E-state index contributed by atoms with van der Waals surface area (Å²) >= 11 is 0. The Morgan fingerprint density at radius 1 is 1.28 bits per heavy atom. The number of para-hydroxylation sites is 1. The van der Waals surface area contributed by atoms with Crippen molar-refractivity contribution in [3.05, 3.63) is 29.8 Å². The molecule has 0 aliphatic carbocycles. The molecule has 1 aromatic carbocycles. The first kappa shape index (κ1) is 18.0. The van der Waals surface area contributed by atoms with Gasteiger partial charge in [-0.15, -0.1) is 0 Å². The van der Waals surface area contributed by atoms with Crippen LogP contribution in [0.25, 0.3) is 0 Å². The lowest BCUT2D eigenvalue weighted by atomic mass is 10.1. The molecule has 3 N–H and O–H groups in total. The van der Waals surface area contributed by atoms with Gasteiger partial charge in [0, 0.05) is 51.0 Å². The molecule has 0 spiro atoms. The van der Waals surface area contributed by atoms with E-state index in [9.17, 15) is 0 Å². The van der Waals surface area contributed by atoms with Crippen molar-refractivity contribution in [2.24, 2.45) is 10.7 Å². The topological polar surface area (TPSA) is 66.1 Å². The number of hydrogen-bond acceptors (Lipinski definition) is 4. The second-order valence-corrected chi connectivity index (χ2v) is 6.88. The number of rotatable bonds is 7. The van der Waals surface area contributed by atoms with Crippen molar-refractivity contribution < 1.29 is 4.74 Å². The summed E-state index contributed by atoms with van der Waals surface area (Å²) in [5, 5.41) is 3.25. The van der Waals surface area contributed by atoms with E-state index in [1.54, 1.807) is 0 Å². The molecule has 25 heavy (non-hydrogen) atoms. The monoisotopic (exact) mass is 345 g/mol. The van der Waals surface area contributed by atoms with Crippen LogP contribution in [-0.4, -0.2) is 69.4 Å². The number of anilines is 1. The maximum absolute atomic E-state index is 5.99. The fraction of sp³-hybridized carbons (Fsp3) is 0.632. The van der Waals surface area contributed by atoms with Gasteiger partial charge in [0.15, 0.2) is 5.96 Å². The van der Waals surface area contributed by atoms with E-state index in [2.05, 4.69) is 51.3 Å². The molecule has 6 heteroatoms. The number of hydrogen-bond donors (Lipinski definition) is 2. The number of morpholine rings is 1. The van der Waals surface area contributed by atoms with Crippen molar-refractivity contribution >= 4 is 11.6 Å². The summed E-state index contributed by atoms with van der Waals surface area (Å²) < 4.78 is 5.36. The molecular formula is C19H31N5O. The number of fused-ring (bicyclic) bond motifs is 1. The number of benzene rings is 1. The highest BCUT2D eigenvalue weighted by molar-refractivity contribution is 5.77. The molecule has 1 atom stereocenters. The molecule has 0 saturated carbocycles. The molecule has 1 fully saturated rings. The van der Waals surface area contributed by atoms with Crippen LogP contribution in [0.1, 0.15) is 18.9 Å². The molecule has 0 bridgehead atoms. The Morgan fingerprint density at radius 3 is 2.92 bits per heavy atom. The predicted molar refractivity (Wildman–Crippen MR) is 103 cm³/mol. The van der Waals surface area contributed by atoms with Crippen LogP contribution in [-0.2, 0) is 11.2 Å². The van der Waals surface area contributed by atoms with Crippen LogP contribution in [0.15, 0.2) is 29.3 Å². The molecule has 0 radical (unpaired) electrons. The molecule has 2 heterocycles. The second kappa shape index (κ2) is 9.06. The Bertz CT molecular complexity index is 571. The summed E-state index contributed by atoms with van der Waals surface area (Å²) in [7, 11) is 0. The minimum Gasteiger partial charge on any atom is -0.379 e. The molecule has 0 amide bonds. The van der Waals surface area contributed by atoms with Crippen molar-refractivity contribution in [1.82, 2.24) is 10.2 Å². The van der Waals surface area contributed by atoms with Gasteiger partial charge in [-0.05, 0) is 31.4 Å². The van der Waals surface area contributed by atoms with Crippen LogP contribution in [0.5, 0.6) is 0 Å². The van der Waals surface area contributed by atoms with E-state index in [0.29, 0.717) is 12.0 Å². The van der Waals surface area contributed by atoms with Crippen LogP contribution < -0.4 is 16.0 Å². The summed E-state index contributed by atoms with van der Waals surface area (Å²) in [4.78, 5) is 9.32. The van der Waals surface area contributed by atoms with Crippen molar-refractivity contribution in [2.45, 2.75) is 25.8 Å². The number of guanidine groups is 1. The lowest BCUT2D eigenvalue weighted by Crippen LogP contribution is -2.40. The van der Waals surface area contributed by atoms with E-state index < -0.39 is 0 Å². The van der Waals surface area contributed by atoms with E-state index in [-0.39, 0.29) is 0 Å². The second-order valence-electron chi connectivity index (χ2n) is 6.88. The number of nitrogens with zero attached hydrogens (tertiary/aromatic N) is 3. The molecule has 2 aliphatic heterocycles. The van der Waals surface area contributed by atoms with E-state index >= 15 is 0 Å². The van der Waals surface area contributed by atoms with E-state index in [0.717, 1.165) is 65.3 Å². The fourth-order valence-electron chi connectivity index (χ4n) is 3.65. The van der Waals surface area contributed by atoms with Gasteiger partial charge < -0.3 is 20.7 Å². The van der Waals surface area contributed by atoms with E-state index in [4.69, 9.17) is 10.5 Å². The van der Waals surface area contributed by atoms with Crippen LogP contribution in [0.3, 0.4) is 0 Å². The molecule has 138 valence electrons. The number of nitrogens with two attached hydrogens (primary N) is 1. The van der Waals surface area contributed by atoms with Crippen molar-refractivity contribution in [1.29, 1.82) is 0 Å². The summed E-state index contributed by atoms with van der Waals surface area (Å²) in [5.74, 6) is 0.558. The number of ether oxygens (including phenoxy) is 1. The number of nitrogens with one attached hydrogen (secondary N) is 1. The molecule has 6 nitrogen and oxygen atoms in total. The van der Waals surface area contributed by atoms with Crippen molar-refractivity contribution in [3.63, 3.8) is 0 Å². The first-order valence-electron chi connectivity index (χ1n) is 9.42. The summed E-state index contributed by atoms with van der Waals surface area (Å²) in [6, 6.07) is 9.22. The Morgan fingerprint density at radius 2 is 2.08 bits per heavy atom. The van der Waals surface area contributed by atoms with Gasteiger partial charge in [0.2, 0.25) is 0 Å². The zero-order chi connectivity index (χ0) is 17.5. The van der Waals surface area contributed by atoms with Gasteiger partial charge in [-0.1, -0.05) is 18.2 Å². The van der Waals surface area contributed by atoms with Gasteiger partial charge in [0.05, 0.1) is 13.2 Å². The average molecular weight is 345 g/mol. The van der Waals surface area contributed by atoms with Crippen LogP contribution in [0.4, 0.5) is 5.69 Å². The lowest BCUT2D eigenvalue weighted by Gasteiger charge is -2.26. The smallest absolute Gasteiger partial charge is 0.188 e. The molecule has 3 rings (SSSR count). The third-order valence-electron chi connectivity index (χ3n) is 5.03. The number of aliphatic imine (C=N–C) groups is 1. The first-order chi connectivity index (χ1) is 12.2. The summed E-state index contributed by atoms with van der Waals surface area (Å²) in [6.45, 7) is 9.67. The SMILES string of the molecule is CC1Cc2ccccc2N1CCNC(N)=NCCCN1CCOCC1. The highest BCUT2D eigenvalue weighted by atomic mass is 16.5. The van der Waals surface area contributed by atoms with E-state index in [1.165, 1.54) is 11.3 Å².